The minimum atomic E-state index is -4.59. The molecule has 1 aliphatic heterocycles. The standard InChI is InChI=1S/C47H50F6N/c1-35-15-17-36(18-16-35)38-21-27-42(28-22-38)45(47(51,52)53,31-9-5-10-32-54(3)33-11-6-12-34-54)43-29-23-39(24-30-43)37-19-25-41(26-20-37)44(2,46(48,49)50)40-13-7-4-8-14-40/h4,7-8,13-30H,5-6,9-12,31-34H2,1-3H3/q+1. The van der Waals surface area contributed by atoms with Crippen LogP contribution in [0, 0.1) is 6.92 Å². The number of quaternary nitrogens is 1. The van der Waals surface area contributed by atoms with Crippen LogP contribution in [0.3, 0.4) is 0 Å². The van der Waals surface area contributed by atoms with Gasteiger partial charge in [-0.15, -0.1) is 0 Å². The quantitative estimate of drug-likeness (QED) is 0.0678. The molecule has 6 rings (SSSR count). The van der Waals surface area contributed by atoms with E-state index in [-0.39, 0.29) is 28.7 Å². The molecule has 0 amide bonds. The highest BCUT2D eigenvalue weighted by atomic mass is 19.4. The number of hydrogen-bond acceptors (Lipinski definition) is 0. The van der Waals surface area contributed by atoms with Gasteiger partial charge in [0, 0.05) is 0 Å². The smallest absolute Gasteiger partial charge is 0.326 e. The van der Waals surface area contributed by atoms with Gasteiger partial charge in [0.2, 0.25) is 0 Å². The van der Waals surface area contributed by atoms with Crippen molar-refractivity contribution in [3.05, 3.63) is 155 Å². The van der Waals surface area contributed by atoms with Crippen molar-refractivity contribution in [3.8, 4) is 22.3 Å². The average Bonchev–Trinajstić information content (AvgIpc) is 3.16. The van der Waals surface area contributed by atoms with Crippen LogP contribution >= 0.6 is 0 Å². The SMILES string of the molecule is Cc1ccc(-c2ccc(C(CCCCC[N+]3(C)CCCCC3)(c3ccc(-c4ccc(C(C)(c5ccccc5)C(F)(F)F)cc4)cc3)C(F)(F)F)cc2)cc1. The third-order valence-corrected chi connectivity index (χ3v) is 12.0. The van der Waals surface area contributed by atoms with E-state index in [2.05, 4.69) is 7.05 Å². The van der Waals surface area contributed by atoms with Gasteiger partial charge in [0.15, 0.2) is 0 Å². The number of rotatable bonds is 12. The molecule has 0 radical (unpaired) electrons. The maximum absolute atomic E-state index is 15.8. The lowest BCUT2D eigenvalue weighted by Crippen LogP contribution is -2.48. The normalized spacial score (nSPS) is 17.1. The minimum Gasteiger partial charge on any atom is -0.326 e. The number of alkyl halides is 6. The van der Waals surface area contributed by atoms with Gasteiger partial charge in [0.05, 0.1) is 26.7 Å². The lowest BCUT2D eigenvalue weighted by Gasteiger charge is -2.39. The van der Waals surface area contributed by atoms with Gasteiger partial charge >= 0.3 is 12.4 Å². The molecule has 7 heteroatoms. The Labute approximate surface area is 316 Å². The molecule has 0 aliphatic carbocycles. The number of likely N-dealkylation sites (tertiary alicyclic amines) is 1. The number of halogens is 6. The van der Waals surface area contributed by atoms with Crippen molar-refractivity contribution in [2.45, 2.75) is 82.0 Å². The lowest BCUT2D eigenvalue weighted by atomic mass is 9.69. The molecule has 2 unspecified atom stereocenters. The minimum absolute atomic E-state index is 0.0861. The summed E-state index contributed by atoms with van der Waals surface area (Å²) in [5.41, 5.74) is 0.243. The maximum Gasteiger partial charge on any atom is 0.402 e. The highest BCUT2D eigenvalue weighted by Gasteiger charge is 2.56. The summed E-state index contributed by atoms with van der Waals surface area (Å²) in [5, 5.41) is 0. The van der Waals surface area contributed by atoms with Gasteiger partial charge < -0.3 is 4.48 Å². The molecular weight excluding hydrogens is 693 g/mol. The zero-order valence-corrected chi connectivity index (χ0v) is 31.4. The van der Waals surface area contributed by atoms with Gasteiger partial charge in [-0.2, -0.15) is 26.3 Å². The van der Waals surface area contributed by atoms with E-state index >= 15 is 13.2 Å². The highest BCUT2D eigenvalue weighted by Crippen LogP contribution is 2.51. The molecule has 0 spiro atoms. The van der Waals surface area contributed by atoms with Crippen molar-refractivity contribution in [1.82, 2.24) is 0 Å². The lowest BCUT2D eigenvalue weighted by molar-refractivity contribution is -0.914. The fourth-order valence-corrected chi connectivity index (χ4v) is 8.39. The third-order valence-electron chi connectivity index (χ3n) is 12.0. The second-order valence-corrected chi connectivity index (χ2v) is 15.7. The summed E-state index contributed by atoms with van der Waals surface area (Å²) in [7, 11) is 2.27. The summed E-state index contributed by atoms with van der Waals surface area (Å²) in [6.45, 7) is 6.40. The first kappa shape index (κ1) is 39.3. The zero-order valence-electron chi connectivity index (χ0n) is 31.4. The van der Waals surface area contributed by atoms with E-state index in [1.54, 1.807) is 78.9 Å². The van der Waals surface area contributed by atoms with E-state index in [0.29, 0.717) is 24.0 Å². The van der Waals surface area contributed by atoms with Gasteiger partial charge in [-0.3, -0.25) is 0 Å². The molecule has 0 bridgehead atoms. The maximum atomic E-state index is 15.8. The van der Waals surface area contributed by atoms with Crippen molar-refractivity contribution in [2.75, 3.05) is 26.7 Å². The van der Waals surface area contributed by atoms with E-state index in [1.807, 2.05) is 31.2 Å². The molecule has 0 saturated carbocycles. The summed E-state index contributed by atoms with van der Waals surface area (Å²) < 4.78 is 92.1. The Morgan fingerprint density at radius 1 is 0.481 bits per heavy atom. The number of nitrogens with zero attached hydrogens (tertiary/aromatic N) is 1. The van der Waals surface area contributed by atoms with Crippen molar-refractivity contribution >= 4 is 0 Å². The number of piperidine rings is 1. The van der Waals surface area contributed by atoms with Crippen molar-refractivity contribution in [3.63, 3.8) is 0 Å². The van der Waals surface area contributed by atoms with Crippen LogP contribution in [0.15, 0.2) is 127 Å². The van der Waals surface area contributed by atoms with E-state index < -0.39 is 23.2 Å². The number of hydrogen-bond donors (Lipinski definition) is 0. The fraction of sp³-hybridized carbons (Fsp3) is 0.362. The summed E-state index contributed by atoms with van der Waals surface area (Å²) in [6.07, 6.45) is -3.58. The number of aryl methyl sites for hydroxylation is 1. The van der Waals surface area contributed by atoms with Crippen LogP contribution in [0.5, 0.6) is 0 Å². The summed E-state index contributed by atoms with van der Waals surface area (Å²) in [4.78, 5) is 0. The van der Waals surface area contributed by atoms with Crippen LogP contribution in [-0.4, -0.2) is 43.5 Å². The Hall–Kier alpha value is -4.36. The molecule has 1 nitrogen and oxygen atoms in total. The third kappa shape index (κ3) is 8.02. The summed E-state index contributed by atoms with van der Waals surface area (Å²) in [6, 6.07) is 35.1. The Morgan fingerprint density at radius 3 is 1.35 bits per heavy atom. The first-order valence-corrected chi connectivity index (χ1v) is 19.1. The highest BCUT2D eigenvalue weighted by molar-refractivity contribution is 5.67. The summed E-state index contributed by atoms with van der Waals surface area (Å²) >= 11 is 0. The molecule has 1 aliphatic rings. The average molecular weight is 743 g/mol. The molecule has 0 N–H and O–H groups in total. The van der Waals surface area contributed by atoms with Crippen LogP contribution in [0.1, 0.15) is 79.7 Å². The van der Waals surface area contributed by atoms with E-state index in [4.69, 9.17) is 0 Å². The van der Waals surface area contributed by atoms with E-state index in [9.17, 15) is 13.2 Å². The van der Waals surface area contributed by atoms with Gasteiger partial charge in [0.1, 0.15) is 10.8 Å². The van der Waals surface area contributed by atoms with Crippen molar-refractivity contribution in [2.24, 2.45) is 0 Å². The number of unbranched alkanes of at least 4 members (excludes halogenated alkanes) is 2. The monoisotopic (exact) mass is 742 g/mol. The van der Waals surface area contributed by atoms with Crippen LogP contribution < -0.4 is 0 Å². The Balaban J connectivity index is 1.31. The molecular formula is C47H50F6N+. The molecule has 0 aromatic heterocycles. The molecule has 2 atom stereocenters. The Bertz CT molecular complexity index is 1940. The van der Waals surface area contributed by atoms with Crippen LogP contribution in [-0.2, 0) is 10.8 Å². The van der Waals surface area contributed by atoms with Crippen LogP contribution in [0.4, 0.5) is 26.3 Å². The zero-order chi connectivity index (χ0) is 38.6. The fourth-order valence-electron chi connectivity index (χ4n) is 8.39. The van der Waals surface area contributed by atoms with Gasteiger partial charge in [-0.25, -0.2) is 0 Å². The molecule has 1 heterocycles. The van der Waals surface area contributed by atoms with E-state index in [0.717, 1.165) is 47.2 Å². The van der Waals surface area contributed by atoms with E-state index in [1.165, 1.54) is 50.5 Å². The second kappa shape index (κ2) is 15.8. The predicted molar refractivity (Wildman–Crippen MR) is 207 cm³/mol. The molecule has 5 aromatic carbocycles. The van der Waals surface area contributed by atoms with Crippen LogP contribution in [0.2, 0.25) is 0 Å². The predicted octanol–water partition coefficient (Wildman–Crippen LogP) is 13.2. The van der Waals surface area contributed by atoms with Gasteiger partial charge in [-0.1, -0.05) is 139 Å². The first-order chi connectivity index (χ1) is 25.7. The van der Waals surface area contributed by atoms with Crippen molar-refractivity contribution < 1.29 is 30.8 Å². The topological polar surface area (TPSA) is 0 Å². The Kier molecular flexibility index (Phi) is 11.5. The molecule has 1 fully saturated rings. The largest absolute Gasteiger partial charge is 0.402 e. The van der Waals surface area contributed by atoms with Crippen LogP contribution in [0.25, 0.3) is 22.3 Å². The second-order valence-electron chi connectivity index (χ2n) is 15.7. The molecule has 5 aromatic rings. The van der Waals surface area contributed by atoms with Crippen molar-refractivity contribution in [1.29, 1.82) is 0 Å². The molecule has 1 saturated heterocycles. The van der Waals surface area contributed by atoms with Gasteiger partial charge in [0.25, 0.3) is 0 Å². The molecule has 284 valence electrons. The first-order valence-electron chi connectivity index (χ1n) is 19.1. The summed E-state index contributed by atoms with van der Waals surface area (Å²) in [5.74, 6) is 0. The number of benzene rings is 5. The van der Waals surface area contributed by atoms with Gasteiger partial charge in [-0.05, 0) is 96.9 Å². The molecule has 54 heavy (non-hydrogen) atoms. The Morgan fingerprint density at radius 2 is 0.907 bits per heavy atom.